The van der Waals surface area contributed by atoms with Crippen molar-refractivity contribution in [2.45, 2.75) is 25.7 Å². The van der Waals surface area contributed by atoms with Gasteiger partial charge >= 0.3 is 0 Å². The monoisotopic (exact) mass is 314 g/mol. The first-order valence-corrected chi connectivity index (χ1v) is 8.00. The summed E-state index contributed by atoms with van der Waals surface area (Å²) in [5.41, 5.74) is 2.98. The number of hydrogen-bond acceptors (Lipinski definition) is 2. The van der Waals surface area contributed by atoms with Gasteiger partial charge in [-0.2, -0.15) is 0 Å². The molecule has 1 aliphatic rings. The number of hydrogen-bond donors (Lipinski definition) is 0. The highest BCUT2D eigenvalue weighted by Crippen LogP contribution is 2.30. The maximum atomic E-state index is 11.4. The van der Waals surface area contributed by atoms with Crippen molar-refractivity contribution in [1.82, 2.24) is 9.88 Å². The lowest BCUT2D eigenvalue weighted by atomic mass is 9.92. The van der Waals surface area contributed by atoms with E-state index in [0.29, 0.717) is 5.92 Å². The first-order valence-electron chi connectivity index (χ1n) is 7.62. The molecule has 1 aromatic carbocycles. The van der Waals surface area contributed by atoms with E-state index in [1.54, 1.807) is 6.92 Å². The van der Waals surface area contributed by atoms with Gasteiger partial charge < -0.3 is 4.90 Å². The lowest BCUT2D eigenvalue weighted by Gasteiger charge is -2.31. The molecular formula is C18H19ClN2O. The molecule has 3 nitrogen and oxygen atoms in total. The number of nitrogens with zero attached hydrogens (tertiary/aromatic N) is 2. The molecule has 0 unspecified atom stereocenters. The van der Waals surface area contributed by atoms with Crippen molar-refractivity contribution in [2.24, 2.45) is 0 Å². The quantitative estimate of drug-likeness (QED) is 0.835. The molecule has 0 saturated carbocycles. The zero-order valence-corrected chi connectivity index (χ0v) is 13.4. The third-order valence-electron chi connectivity index (χ3n) is 4.28. The fourth-order valence-electron chi connectivity index (χ4n) is 2.99. The van der Waals surface area contributed by atoms with Gasteiger partial charge in [-0.05, 0) is 31.0 Å². The lowest BCUT2D eigenvalue weighted by Crippen LogP contribution is -2.36. The van der Waals surface area contributed by atoms with Crippen LogP contribution in [0.5, 0.6) is 0 Å². The smallest absolute Gasteiger partial charge is 0.219 e. The SMILES string of the molecule is CC(=O)N1CCC(c2cccc(-c3ccccc3Cl)n2)CC1. The summed E-state index contributed by atoms with van der Waals surface area (Å²) in [5, 5.41) is 0.721. The van der Waals surface area contributed by atoms with Crippen LogP contribution in [0.4, 0.5) is 0 Å². The Bertz CT molecular complexity index is 678. The fourth-order valence-corrected chi connectivity index (χ4v) is 3.22. The number of piperidine rings is 1. The Morgan fingerprint density at radius 2 is 1.86 bits per heavy atom. The van der Waals surface area contributed by atoms with Gasteiger partial charge in [0.2, 0.25) is 5.91 Å². The van der Waals surface area contributed by atoms with E-state index in [9.17, 15) is 4.79 Å². The van der Waals surface area contributed by atoms with Gasteiger partial charge in [-0.1, -0.05) is 35.9 Å². The first kappa shape index (κ1) is 15.0. The standard InChI is InChI=1S/C18H19ClN2O/c1-13(22)21-11-9-14(10-12-21)17-7-4-8-18(20-17)15-5-2-3-6-16(15)19/h2-8,14H,9-12H2,1H3. The molecule has 0 radical (unpaired) electrons. The van der Waals surface area contributed by atoms with Gasteiger partial charge in [0, 0.05) is 42.2 Å². The summed E-state index contributed by atoms with van der Waals surface area (Å²) in [5.74, 6) is 0.578. The average Bonchev–Trinajstić information content (AvgIpc) is 2.55. The highest BCUT2D eigenvalue weighted by Gasteiger charge is 2.23. The Kier molecular flexibility index (Phi) is 4.44. The van der Waals surface area contributed by atoms with Gasteiger partial charge in [0.1, 0.15) is 0 Å². The van der Waals surface area contributed by atoms with Crippen LogP contribution >= 0.6 is 11.6 Å². The molecule has 0 aliphatic carbocycles. The lowest BCUT2D eigenvalue weighted by molar-refractivity contribution is -0.129. The van der Waals surface area contributed by atoms with E-state index in [-0.39, 0.29) is 5.91 Å². The zero-order valence-electron chi connectivity index (χ0n) is 12.6. The molecule has 22 heavy (non-hydrogen) atoms. The Hall–Kier alpha value is -1.87. The number of carbonyl (C=O) groups is 1. The molecule has 1 amide bonds. The largest absolute Gasteiger partial charge is 0.343 e. The number of aromatic nitrogens is 1. The summed E-state index contributed by atoms with van der Waals surface area (Å²) in [7, 11) is 0. The molecule has 1 aromatic heterocycles. The van der Waals surface area contributed by atoms with Crippen molar-refractivity contribution in [1.29, 1.82) is 0 Å². The van der Waals surface area contributed by atoms with Crippen molar-refractivity contribution in [2.75, 3.05) is 13.1 Å². The number of halogens is 1. The Balaban J connectivity index is 1.81. The third-order valence-corrected chi connectivity index (χ3v) is 4.61. The molecule has 1 aliphatic heterocycles. The van der Waals surface area contributed by atoms with Crippen LogP contribution < -0.4 is 0 Å². The Morgan fingerprint density at radius 1 is 1.14 bits per heavy atom. The number of carbonyl (C=O) groups excluding carboxylic acids is 1. The minimum atomic E-state index is 0.163. The molecule has 1 fully saturated rings. The number of likely N-dealkylation sites (tertiary alicyclic amines) is 1. The number of amides is 1. The van der Waals surface area contributed by atoms with E-state index in [1.807, 2.05) is 41.3 Å². The van der Waals surface area contributed by atoms with Crippen molar-refractivity contribution in [3.05, 3.63) is 53.2 Å². The number of rotatable bonds is 2. The van der Waals surface area contributed by atoms with Gasteiger partial charge in [-0.3, -0.25) is 9.78 Å². The highest BCUT2D eigenvalue weighted by molar-refractivity contribution is 6.33. The van der Waals surface area contributed by atoms with Crippen LogP contribution in [0, 0.1) is 0 Å². The van der Waals surface area contributed by atoms with E-state index in [0.717, 1.165) is 47.9 Å². The number of pyridine rings is 1. The second-order valence-corrected chi connectivity index (χ2v) is 6.12. The molecule has 1 saturated heterocycles. The summed E-state index contributed by atoms with van der Waals surface area (Å²) in [6.07, 6.45) is 1.94. The molecule has 0 N–H and O–H groups in total. The minimum absolute atomic E-state index is 0.163. The van der Waals surface area contributed by atoms with Crippen molar-refractivity contribution in [3.8, 4) is 11.3 Å². The maximum Gasteiger partial charge on any atom is 0.219 e. The summed E-state index contributed by atoms with van der Waals surface area (Å²) in [6.45, 7) is 3.27. The second kappa shape index (κ2) is 6.49. The minimum Gasteiger partial charge on any atom is -0.343 e. The maximum absolute atomic E-state index is 11.4. The van der Waals surface area contributed by atoms with Crippen LogP contribution in [0.25, 0.3) is 11.3 Å². The van der Waals surface area contributed by atoms with Crippen LogP contribution in [0.15, 0.2) is 42.5 Å². The van der Waals surface area contributed by atoms with Gasteiger partial charge in [-0.15, -0.1) is 0 Å². The highest BCUT2D eigenvalue weighted by atomic mass is 35.5. The van der Waals surface area contributed by atoms with Gasteiger partial charge in [-0.25, -0.2) is 0 Å². The van der Waals surface area contributed by atoms with E-state index < -0.39 is 0 Å². The summed E-state index contributed by atoms with van der Waals surface area (Å²) in [4.78, 5) is 18.1. The van der Waals surface area contributed by atoms with E-state index in [4.69, 9.17) is 16.6 Å². The normalized spacial score (nSPS) is 15.8. The fraction of sp³-hybridized carbons (Fsp3) is 0.333. The predicted molar refractivity (Wildman–Crippen MR) is 88.9 cm³/mol. The zero-order chi connectivity index (χ0) is 15.5. The summed E-state index contributed by atoms with van der Waals surface area (Å²) in [6, 6.07) is 13.9. The van der Waals surface area contributed by atoms with Crippen LogP contribution in [-0.4, -0.2) is 28.9 Å². The molecule has 114 valence electrons. The second-order valence-electron chi connectivity index (χ2n) is 5.71. The molecular weight excluding hydrogens is 296 g/mol. The molecule has 0 atom stereocenters. The van der Waals surface area contributed by atoms with E-state index in [1.165, 1.54) is 0 Å². The van der Waals surface area contributed by atoms with Crippen molar-refractivity contribution in [3.63, 3.8) is 0 Å². The van der Waals surface area contributed by atoms with Gasteiger partial charge in [0.25, 0.3) is 0 Å². The summed E-state index contributed by atoms with van der Waals surface area (Å²) >= 11 is 6.27. The predicted octanol–water partition coefficient (Wildman–Crippen LogP) is 4.13. The van der Waals surface area contributed by atoms with Gasteiger partial charge in [0.15, 0.2) is 0 Å². The molecule has 2 aromatic rings. The average molecular weight is 315 g/mol. The molecule has 4 heteroatoms. The van der Waals surface area contributed by atoms with Crippen LogP contribution in [-0.2, 0) is 4.79 Å². The van der Waals surface area contributed by atoms with Crippen molar-refractivity contribution >= 4 is 17.5 Å². The van der Waals surface area contributed by atoms with Crippen LogP contribution in [0.1, 0.15) is 31.4 Å². The van der Waals surface area contributed by atoms with Crippen molar-refractivity contribution < 1.29 is 4.79 Å². The number of benzene rings is 1. The van der Waals surface area contributed by atoms with E-state index >= 15 is 0 Å². The van der Waals surface area contributed by atoms with Crippen LogP contribution in [0.3, 0.4) is 0 Å². The molecule has 0 spiro atoms. The summed E-state index contributed by atoms with van der Waals surface area (Å²) < 4.78 is 0. The van der Waals surface area contributed by atoms with Gasteiger partial charge in [0.05, 0.1) is 5.69 Å². The van der Waals surface area contributed by atoms with E-state index in [2.05, 4.69) is 6.07 Å². The third kappa shape index (κ3) is 3.14. The Morgan fingerprint density at radius 3 is 2.55 bits per heavy atom. The molecule has 0 bridgehead atoms. The first-order chi connectivity index (χ1) is 10.6. The molecule has 2 heterocycles. The Labute approximate surface area is 135 Å². The topological polar surface area (TPSA) is 33.2 Å². The van der Waals surface area contributed by atoms with Crippen LogP contribution in [0.2, 0.25) is 5.02 Å². The molecule has 3 rings (SSSR count).